The summed E-state index contributed by atoms with van der Waals surface area (Å²) in [7, 11) is 0. The molecular weight excluding hydrogens is 601 g/mol. The Bertz CT molecular complexity index is 2560. The minimum atomic E-state index is 1.22. The fourth-order valence-corrected chi connectivity index (χ4v) is 8.24. The molecule has 0 aromatic heterocycles. The van der Waals surface area contributed by atoms with Crippen molar-refractivity contribution < 1.29 is 0 Å². The van der Waals surface area contributed by atoms with Crippen LogP contribution in [-0.4, -0.2) is 0 Å². The molecule has 0 radical (unpaired) electrons. The second kappa shape index (κ2) is 11.6. The summed E-state index contributed by atoms with van der Waals surface area (Å²) in [4.78, 5) is 0. The molecule has 0 amide bonds. The summed E-state index contributed by atoms with van der Waals surface area (Å²) < 4.78 is 0. The molecule has 0 unspecified atom stereocenters. The molecule has 1 aliphatic rings. The Morgan fingerprint density at radius 3 is 1.08 bits per heavy atom. The SMILES string of the molecule is c1ccc(-c2cc(-c3ccccc3)cc(-c3ccc4c5c(cccc35)-c3c-4c(-c4ccccc4)c4ccccc4c3-c3ccccc3)c2)cc1. The topological polar surface area (TPSA) is 0 Å². The Morgan fingerprint density at radius 1 is 0.200 bits per heavy atom. The van der Waals surface area contributed by atoms with Crippen LogP contribution in [0.25, 0.3) is 99.4 Å². The Morgan fingerprint density at radius 2 is 0.580 bits per heavy atom. The number of fused-ring (bicyclic) bond motifs is 4. The standard InChI is InChI=1S/C50H32/c1-5-16-33(17-6-1)37-30-38(34-18-7-2-8-19-34)32-39(31-37)40-28-29-45-48-41(40)26-15-27-44(48)49-46(35-20-9-3-10-21-35)42-24-13-14-25-43(42)47(50(45)49)36-22-11-4-12-23-36/h1-32H. The largest absolute Gasteiger partial charge is 0.0622 e. The van der Waals surface area contributed by atoms with Gasteiger partial charge >= 0.3 is 0 Å². The summed E-state index contributed by atoms with van der Waals surface area (Å²) in [5, 5.41) is 5.17. The third kappa shape index (κ3) is 4.46. The quantitative estimate of drug-likeness (QED) is 0.177. The van der Waals surface area contributed by atoms with Gasteiger partial charge in [-0.15, -0.1) is 0 Å². The predicted molar refractivity (Wildman–Crippen MR) is 213 cm³/mol. The van der Waals surface area contributed by atoms with Crippen molar-refractivity contribution in [1.29, 1.82) is 0 Å². The van der Waals surface area contributed by atoms with Gasteiger partial charge in [-0.3, -0.25) is 0 Å². The van der Waals surface area contributed by atoms with Crippen LogP contribution in [0.2, 0.25) is 0 Å². The van der Waals surface area contributed by atoms with Gasteiger partial charge in [0.2, 0.25) is 0 Å². The summed E-state index contributed by atoms with van der Waals surface area (Å²) in [6.45, 7) is 0. The highest BCUT2D eigenvalue weighted by Crippen LogP contribution is 2.58. The van der Waals surface area contributed by atoms with E-state index in [1.807, 2.05) is 0 Å². The maximum absolute atomic E-state index is 2.39. The molecule has 0 bridgehead atoms. The first-order chi connectivity index (χ1) is 24.8. The lowest BCUT2D eigenvalue weighted by molar-refractivity contribution is 1.58. The molecule has 0 N–H and O–H groups in total. The van der Waals surface area contributed by atoms with Gasteiger partial charge in [-0.05, 0) is 118 Å². The van der Waals surface area contributed by atoms with E-state index < -0.39 is 0 Å². The normalized spacial score (nSPS) is 11.6. The Labute approximate surface area is 292 Å². The summed E-state index contributed by atoms with van der Waals surface area (Å²) >= 11 is 0. The number of hydrogen-bond donors (Lipinski definition) is 0. The van der Waals surface area contributed by atoms with E-state index in [1.54, 1.807) is 0 Å². The van der Waals surface area contributed by atoms with Gasteiger partial charge in [0.15, 0.2) is 0 Å². The van der Waals surface area contributed by atoms with Gasteiger partial charge in [-0.1, -0.05) is 176 Å². The third-order valence-electron chi connectivity index (χ3n) is 10.4. The molecule has 0 saturated carbocycles. The van der Waals surface area contributed by atoms with E-state index in [-0.39, 0.29) is 0 Å². The highest BCUT2D eigenvalue weighted by atomic mass is 14.3. The van der Waals surface area contributed by atoms with Gasteiger partial charge in [0, 0.05) is 0 Å². The lowest BCUT2D eigenvalue weighted by Gasteiger charge is -2.20. The van der Waals surface area contributed by atoms with E-state index in [0.29, 0.717) is 0 Å². The van der Waals surface area contributed by atoms with Crippen LogP contribution in [0.5, 0.6) is 0 Å². The van der Waals surface area contributed by atoms with Crippen LogP contribution in [0, 0.1) is 0 Å². The number of rotatable bonds is 5. The van der Waals surface area contributed by atoms with E-state index in [1.165, 1.54) is 99.4 Å². The van der Waals surface area contributed by atoms with Crippen LogP contribution < -0.4 is 0 Å². The zero-order chi connectivity index (χ0) is 33.0. The van der Waals surface area contributed by atoms with Gasteiger partial charge in [0.05, 0.1) is 0 Å². The second-order valence-corrected chi connectivity index (χ2v) is 13.2. The summed E-state index contributed by atoms with van der Waals surface area (Å²) in [5.74, 6) is 0. The smallest absolute Gasteiger partial charge is 0.000741 e. The van der Waals surface area contributed by atoms with Crippen LogP contribution in [0.3, 0.4) is 0 Å². The van der Waals surface area contributed by atoms with Crippen LogP contribution >= 0.6 is 0 Å². The molecule has 9 aromatic rings. The van der Waals surface area contributed by atoms with Crippen LogP contribution in [0.15, 0.2) is 194 Å². The predicted octanol–water partition coefficient (Wildman–Crippen LogP) is 14.0. The highest BCUT2D eigenvalue weighted by molar-refractivity contribution is 6.28. The maximum atomic E-state index is 2.39. The monoisotopic (exact) mass is 632 g/mol. The van der Waals surface area contributed by atoms with Crippen molar-refractivity contribution >= 4 is 21.5 Å². The number of hydrogen-bond acceptors (Lipinski definition) is 0. The highest BCUT2D eigenvalue weighted by Gasteiger charge is 2.31. The molecule has 0 aliphatic heterocycles. The lowest BCUT2D eigenvalue weighted by Crippen LogP contribution is -1.93. The van der Waals surface area contributed by atoms with Crippen molar-refractivity contribution in [3.8, 4) is 77.9 Å². The molecule has 0 heteroatoms. The molecule has 0 heterocycles. The molecule has 0 fully saturated rings. The fourth-order valence-electron chi connectivity index (χ4n) is 8.24. The average Bonchev–Trinajstić information content (AvgIpc) is 3.53. The van der Waals surface area contributed by atoms with Gasteiger partial charge in [0.25, 0.3) is 0 Å². The third-order valence-corrected chi connectivity index (χ3v) is 10.4. The maximum Gasteiger partial charge on any atom is -0.000741 e. The summed E-state index contributed by atoms with van der Waals surface area (Å²) in [5.41, 5.74) is 17.7. The van der Waals surface area contributed by atoms with Gasteiger partial charge in [-0.25, -0.2) is 0 Å². The first-order valence-electron chi connectivity index (χ1n) is 17.4. The van der Waals surface area contributed by atoms with E-state index in [4.69, 9.17) is 0 Å². The first-order valence-corrected chi connectivity index (χ1v) is 17.4. The van der Waals surface area contributed by atoms with Crippen molar-refractivity contribution in [2.75, 3.05) is 0 Å². The molecule has 232 valence electrons. The van der Waals surface area contributed by atoms with Gasteiger partial charge < -0.3 is 0 Å². The van der Waals surface area contributed by atoms with Gasteiger partial charge in [0.1, 0.15) is 0 Å². The summed E-state index contributed by atoms with van der Waals surface area (Å²) in [6.07, 6.45) is 0. The lowest BCUT2D eigenvalue weighted by atomic mass is 9.82. The molecule has 1 aliphatic carbocycles. The molecule has 0 spiro atoms. The van der Waals surface area contributed by atoms with E-state index in [0.717, 1.165) is 0 Å². The Kier molecular flexibility index (Phi) is 6.60. The van der Waals surface area contributed by atoms with E-state index >= 15 is 0 Å². The molecule has 0 saturated heterocycles. The van der Waals surface area contributed by atoms with Gasteiger partial charge in [-0.2, -0.15) is 0 Å². The zero-order valence-electron chi connectivity index (χ0n) is 27.5. The Hall–Kier alpha value is -6.50. The van der Waals surface area contributed by atoms with Crippen LogP contribution in [-0.2, 0) is 0 Å². The van der Waals surface area contributed by atoms with Crippen molar-refractivity contribution in [3.05, 3.63) is 194 Å². The van der Waals surface area contributed by atoms with Crippen molar-refractivity contribution in [2.45, 2.75) is 0 Å². The molecule has 0 nitrogen and oxygen atoms in total. The van der Waals surface area contributed by atoms with Crippen molar-refractivity contribution in [2.24, 2.45) is 0 Å². The van der Waals surface area contributed by atoms with Crippen molar-refractivity contribution in [3.63, 3.8) is 0 Å². The first kappa shape index (κ1) is 28.5. The zero-order valence-corrected chi connectivity index (χ0v) is 27.5. The van der Waals surface area contributed by atoms with Crippen LogP contribution in [0.4, 0.5) is 0 Å². The minimum absolute atomic E-state index is 1.22. The Balaban J connectivity index is 1.30. The number of benzene rings is 9. The second-order valence-electron chi connectivity index (χ2n) is 13.2. The average molecular weight is 633 g/mol. The molecule has 50 heavy (non-hydrogen) atoms. The van der Waals surface area contributed by atoms with Crippen molar-refractivity contribution in [1.82, 2.24) is 0 Å². The molecular formula is C50H32. The van der Waals surface area contributed by atoms with E-state index in [2.05, 4.69) is 194 Å². The molecule has 10 rings (SSSR count). The molecule has 0 atom stereocenters. The summed E-state index contributed by atoms with van der Waals surface area (Å²) in [6, 6.07) is 71.1. The fraction of sp³-hybridized carbons (Fsp3) is 0. The molecule has 9 aromatic carbocycles. The van der Waals surface area contributed by atoms with Crippen LogP contribution in [0.1, 0.15) is 0 Å². The minimum Gasteiger partial charge on any atom is -0.0622 e. The van der Waals surface area contributed by atoms with E-state index in [9.17, 15) is 0 Å².